The molecule has 0 aliphatic heterocycles. The number of rotatable bonds is 8. The van der Waals surface area contributed by atoms with Crippen molar-refractivity contribution in [2.75, 3.05) is 11.5 Å². The van der Waals surface area contributed by atoms with Crippen LogP contribution in [0.1, 0.15) is 40.0 Å². The molecule has 0 bridgehead atoms. The monoisotopic (exact) mass is 249 g/mol. The van der Waals surface area contributed by atoms with E-state index in [0.717, 1.165) is 0 Å². The summed E-state index contributed by atoms with van der Waals surface area (Å²) in [6, 6.07) is -0.440. The summed E-state index contributed by atoms with van der Waals surface area (Å²) >= 11 is 0. The molecule has 0 heterocycles. The van der Waals surface area contributed by atoms with Crippen LogP contribution in [0.4, 0.5) is 0 Å². The van der Waals surface area contributed by atoms with Crippen molar-refractivity contribution in [2.45, 2.75) is 46.1 Å². The predicted octanol–water partition coefficient (Wildman–Crippen LogP) is 1.14. The molecule has 0 aliphatic rings. The molecule has 0 rings (SSSR count). The molecule has 0 spiro atoms. The van der Waals surface area contributed by atoms with Crippen LogP contribution < -0.4 is 5.73 Å². The van der Waals surface area contributed by atoms with Crippen LogP contribution in [0.2, 0.25) is 0 Å². The smallest absolute Gasteiger partial charge is 0.150 e. The van der Waals surface area contributed by atoms with Gasteiger partial charge in [-0.2, -0.15) is 0 Å². The summed E-state index contributed by atoms with van der Waals surface area (Å²) in [5, 5.41) is 0. The van der Waals surface area contributed by atoms with Crippen LogP contribution >= 0.6 is 0 Å². The van der Waals surface area contributed by atoms with E-state index in [4.69, 9.17) is 5.73 Å². The fourth-order valence-corrected chi connectivity index (χ4v) is 2.31. The van der Waals surface area contributed by atoms with E-state index in [0.29, 0.717) is 18.8 Å². The molecule has 2 N–H and O–H groups in total. The Morgan fingerprint density at radius 2 is 1.88 bits per heavy atom. The summed E-state index contributed by atoms with van der Waals surface area (Å²) < 4.78 is 22.4. The zero-order valence-electron chi connectivity index (χ0n) is 10.4. The standard InChI is InChI=1S/C11H23NO3S/c1-4-16(14,15)7-5-6-11(13)10(12)8-9(2)3/h9-10H,4-8,12H2,1-3H3. The fraction of sp³-hybridized carbons (Fsp3) is 0.909. The number of hydrogen-bond donors (Lipinski definition) is 1. The number of ketones is 1. The molecule has 0 aromatic rings. The third kappa shape index (κ3) is 6.95. The van der Waals surface area contributed by atoms with Gasteiger partial charge in [-0.3, -0.25) is 4.79 Å². The number of hydrogen-bond acceptors (Lipinski definition) is 4. The molecule has 1 atom stereocenters. The molecule has 0 aromatic carbocycles. The Balaban J connectivity index is 3.90. The molecular weight excluding hydrogens is 226 g/mol. The van der Waals surface area contributed by atoms with Gasteiger partial charge in [0.25, 0.3) is 0 Å². The van der Waals surface area contributed by atoms with Crippen molar-refractivity contribution in [2.24, 2.45) is 11.7 Å². The quantitative estimate of drug-likeness (QED) is 0.700. The largest absolute Gasteiger partial charge is 0.322 e. The van der Waals surface area contributed by atoms with E-state index in [-0.39, 0.29) is 23.7 Å². The first-order valence-electron chi connectivity index (χ1n) is 5.77. The van der Waals surface area contributed by atoms with Crippen molar-refractivity contribution in [3.63, 3.8) is 0 Å². The van der Waals surface area contributed by atoms with Crippen molar-refractivity contribution >= 4 is 15.6 Å². The number of Topliss-reactive ketones (excluding diaryl/α,β-unsaturated/α-hetero) is 1. The summed E-state index contributed by atoms with van der Waals surface area (Å²) in [5.74, 6) is 0.585. The highest BCUT2D eigenvalue weighted by atomic mass is 32.2. The predicted molar refractivity (Wildman–Crippen MR) is 66.0 cm³/mol. The van der Waals surface area contributed by atoms with E-state index in [1.54, 1.807) is 6.92 Å². The Bertz CT molecular complexity index is 309. The third-order valence-corrected chi connectivity index (χ3v) is 4.25. The van der Waals surface area contributed by atoms with E-state index >= 15 is 0 Å². The molecule has 0 saturated carbocycles. The summed E-state index contributed by atoms with van der Waals surface area (Å²) in [4.78, 5) is 11.5. The molecule has 0 radical (unpaired) electrons. The van der Waals surface area contributed by atoms with Gasteiger partial charge in [-0.05, 0) is 18.8 Å². The highest BCUT2D eigenvalue weighted by Gasteiger charge is 2.16. The lowest BCUT2D eigenvalue weighted by molar-refractivity contribution is -0.120. The van der Waals surface area contributed by atoms with E-state index < -0.39 is 15.9 Å². The van der Waals surface area contributed by atoms with Crippen LogP contribution in [0.15, 0.2) is 0 Å². The van der Waals surface area contributed by atoms with Gasteiger partial charge in [-0.1, -0.05) is 20.8 Å². The molecule has 0 amide bonds. The van der Waals surface area contributed by atoms with Gasteiger partial charge in [0.15, 0.2) is 0 Å². The zero-order chi connectivity index (χ0) is 12.8. The molecule has 1 unspecified atom stereocenters. The lowest BCUT2D eigenvalue weighted by Crippen LogP contribution is -2.32. The molecular formula is C11H23NO3S. The molecule has 5 heteroatoms. The molecule has 0 aromatic heterocycles. The van der Waals surface area contributed by atoms with E-state index in [9.17, 15) is 13.2 Å². The first-order valence-corrected chi connectivity index (χ1v) is 7.59. The van der Waals surface area contributed by atoms with Crippen molar-refractivity contribution in [3.8, 4) is 0 Å². The van der Waals surface area contributed by atoms with Gasteiger partial charge in [-0.15, -0.1) is 0 Å². The van der Waals surface area contributed by atoms with Gasteiger partial charge in [0, 0.05) is 12.2 Å². The normalized spacial score (nSPS) is 14.1. The number of carbonyl (C=O) groups is 1. The minimum Gasteiger partial charge on any atom is -0.322 e. The average Bonchev–Trinajstić information content (AvgIpc) is 2.16. The van der Waals surface area contributed by atoms with Crippen LogP contribution in [0, 0.1) is 5.92 Å². The van der Waals surface area contributed by atoms with E-state index in [1.807, 2.05) is 13.8 Å². The van der Waals surface area contributed by atoms with Crippen molar-refractivity contribution < 1.29 is 13.2 Å². The first-order chi connectivity index (χ1) is 7.28. The maximum Gasteiger partial charge on any atom is 0.150 e. The third-order valence-electron chi connectivity index (χ3n) is 2.46. The molecule has 0 fully saturated rings. The Morgan fingerprint density at radius 1 is 1.31 bits per heavy atom. The van der Waals surface area contributed by atoms with Gasteiger partial charge in [0.1, 0.15) is 15.6 Å². The number of sulfone groups is 1. The van der Waals surface area contributed by atoms with Crippen LogP contribution in [-0.2, 0) is 14.6 Å². The van der Waals surface area contributed by atoms with Crippen molar-refractivity contribution in [1.29, 1.82) is 0 Å². The van der Waals surface area contributed by atoms with Gasteiger partial charge in [-0.25, -0.2) is 8.42 Å². The van der Waals surface area contributed by atoms with Crippen molar-refractivity contribution in [3.05, 3.63) is 0 Å². The SMILES string of the molecule is CCS(=O)(=O)CCCC(=O)C(N)CC(C)C. The maximum atomic E-state index is 11.5. The van der Waals surface area contributed by atoms with Crippen LogP contribution in [-0.4, -0.2) is 31.7 Å². The van der Waals surface area contributed by atoms with Crippen molar-refractivity contribution in [1.82, 2.24) is 0 Å². The fourth-order valence-electron chi connectivity index (χ4n) is 1.44. The van der Waals surface area contributed by atoms with Gasteiger partial charge in [0.05, 0.1) is 11.8 Å². The van der Waals surface area contributed by atoms with Gasteiger partial charge < -0.3 is 5.73 Å². The van der Waals surface area contributed by atoms with Crippen LogP contribution in [0.25, 0.3) is 0 Å². The Kier molecular flexibility index (Phi) is 6.83. The molecule has 4 nitrogen and oxygen atoms in total. The minimum atomic E-state index is -2.96. The lowest BCUT2D eigenvalue weighted by Gasteiger charge is -2.12. The summed E-state index contributed by atoms with van der Waals surface area (Å²) in [6.45, 7) is 5.63. The topological polar surface area (TPSA) is 77.2 Å². The summed E-state index contributed by atoms with van der Waals surface area (Å²) in [7, 11) is -2.96. The number of carbonyl (C=O) groups excluding carboxylic acids is 1. The Morgan fingerprint density at radius 3 is 2.31 bits per heavy atom. The first kappa shape index (κ1) is 15.6. The molecule has 0 saturated heterocycles. The second-order valence-corrected chi connectivity index (χ2v) is 7.02. The summed E-state index contributed by atoms with van der Waals surface area (Å²) in [5.41, 5.74) is 5.70. The second kappa shape index (κ2) is 7.01. The maximum absolute atomic E-state index is 11.5. The Labute approximate surface area is 98.5 Å². The summed E-state index contributed by atoms with van der Waals surface area (Å²) in [6.07, 6.45) is 1.33. The van der Waals surface area contributed by atoms with E-state index in [1.165, 1.54) is 0 Å². The van der Waals surface area contributed by atoms with Gasteiger partial charge in [0.2, 0.25) is 0 Å². The minimum absolute atomic E-state index is 0.0278. The molecule has 96 valence electrons. The van der Waals surface area contributed by atoms with E-state index in [2.05, 4.69) is 0 Å². The molecule has 0 aliphatic carbocycles. The van der Waals surface area contributed by atoms with Gasteiger partial charge >= 0.3 is 0 Å². The number of nitrogens with two attached hydrogens (primary N) is 1. The van der Waals surface area contributed by atoms with Crippen LogP contribution in [0.5, 0.6) is 0 Å². The second-order valence-electron chi connectivity index (χ2n) is 4.54. The highest BCUT2D eigenvalue weighted by Crippen LogP contribution is 2.07. The zero-order valence-corrected chi connectivity index (χ0v) is 11.2. The molecule has 16 heavy (non-hydrogen) atoms. The van der Waals surface area contributed by atoms with Crippen LogP contribution in [0.3, 0.4) is 0 Å². The highest BCUT2D eigenvalue weighted by molar-refractivity contribution is 7.91. The Hall–Kier alpha value is -0.420. The average molecular weight is 249 g/mol. The lowest BCUT2D eigenvalue weighted by atomic mass is 9.99.